The van der Waals surface area contributed by atoms with Crippen molar-refractivity contribution in [3.05, 3.63) is 29.8 Å². The lowest BCUT2D eigenvalue weighted by molar-refractivity contribution is 0.104. The fourth-order valence-corrected chi connectivity index (χ4v) is 3.58. The molecule has 2 nitrogen and oxygen atoms in total. The SMILES string of the molecule is CC(C)CNCc1cccc(SCCCC2CCCO2)c1. The van der Waals surface area contributed by atoms with Gasteiger partial charge in [-0.25, -0.2) is 0 Å². The zero-order chi connectivity index (χ0) is 14.9. The van der Waals surface area contributed by atoms with Crippen LogP contribution < -0.4 is 5.32 Å². The lowest BCUT2D eigenvalue weighted by Crippen LogP contribution is -2.18. The predicted octanol–water partition coefficient (Wildman–Crippen LogP) is 4.48. The molecule has 1 saturated heterocycles. The molecular formula is C18H29NOS. The number of thioether (sulfide) groups is 1. The summed E-state index contributed by atoms with van der Waals surface area (Å²) in [5, 5.41) is 3.51. The fourth-order valence-electron chi connectivity index (χ4n) is 2.62. The Balaban J connectivity index is 1.65. The van der Waals surface area contributed by atoms with E-state index in [0.717, 1.165) is 19.7 Å². The molecule has 0 bridgehead atoms. The highest BCUT2D eigenvalue weighted by Crippen LogP contribution is 2.23. The van der Waals surface area contributed by atoms with E-state index in [2.05, 4.69) is 43.4 Å². The summed E-state index contributed by atoms with van der Waals surface area (Å²) in [5.74, 6) is 1.91. The van der Waals surface area contributed by atoms with E-state index in [1.807, 2.05) is 11.8 Å². The van der Waals surface area contributed by atoms with Crippen LogP contribution in [-0.2, 0) is 11.3 Å². The molecule has 3 heteroatoms. The van der Waals surface area contributed by atoms with Gasteiger partial charge in [0.2, 0.25) is 0 Å². The molecule has 21 heavy (non-hydrogen) atoms. The van der Waals surface area contributed by atoms with Gasteiger partial charge in [-0.15, -0.1) is 11.8 Å². The molecule has 0 amide bonds. The molecule has 1 unspecified atom stereocenters. The van der Waals surface area contributed by atoms with Crippen LogP contribution in [0.3, 0.4) is 0 Å². The summed E-state index contributed by atoms with van der Waals surface area (Å²) in [6.07, 6.45) is 5.54. The topological polar surface area (TPSA) is 21.3 Å². The molecule has 0 saturated carbocycles. The van der Waals surface area contributed by atoms with E-state index in [1.165, 1.54) is 41.9 Å². The van der Waals surface area contributed by atoms with Crippen LogP contribution in [0.5, 0.6) is 0 Å². The molecule has 1 aliphatic heterocycles. The smallest absolute Gasteiger partial charge is 0.0576 e. The van der Waals surface area contributed by atoms with E-state index in [0.29, 0.717) is 12.0 Å². The van der Waals surface area contributed by atoms with Gasteiger partial charge in [0.05, 0.1) is 6.10 Å². The molecule has 0 radical (unpaired) electrons. The second-order valence-corrected chi connectivity index (χ2v) is 7.47. The average Bonchev–Trinajstić information content (AvgIpc) is 2.97. The summed E-state index contributed by atoms with van der Waals surface area (Å²) in [4.78, 5) is 1.39. The van der Waals surface area contributed by atoms with Gasteiger partial charge < -0.3 is 10.1 Å². The van der Waals surface area contributed by atoms with Crippen molar-refractivity contribution >= 4 is 11.8 Å². The quantitative estimate of drug-likeness (QED) is 0.537. The Hall–Kier alpha value is -0.510. The van der Waals surface area contributed by atoms with Crippen molar-refractivity contribution in [2.45, 2.75) is 57.1 Å². The van der Waals surface area contributed by atoms with Crippen molar-refractivity contribution in [1.29, 1.82) is 0 Å². The van der Waals surface area contributed by atoms with E-state index in [9.17, 15) is 0 Å². The summed E-state index contributed by atoms with van der Waals surface area (Å²) in [6, 6.07) is 8.94. The Labute approximate surface area is 134 Å². The Bertz CT molecular complexity index is 402. The first-order chi connectivity index (χ1) is 10.2. The number of rotatable bonds is 9. The largest absolute Gasteiger partial charge is 0.378 e. The molecule has 1 aliphatic rings. The van der Waals surface area contributed by atoms with Gasteiger partial charge >= 0.3 is 0 Å². The van der Waals surface area contributed by atoms with E-state index < -0.39 is 0 Å². The van der Waals surface area contributed by atoms with Crippen LogP contribution in [0.2, 0.25) is 0 Å². The molecule has 1 atom stereocenters. The Morgan fingerprint density at radius 2 is 2.29 bits per heavy atom. The molecule has 1 aromatic carbocycles. The number of benzene rings is 1. The molecule has 1 fully saturated rings. The Morgan fingerprint density at radius 1 is 1.38 bits per heavy atom. The van der Waals surface area contributed by atoms with Crippen molar-refractivity contribution < 1.29 is 4.74 Å². The van der Waals surface area contributed by atoms with E-state index >= 15 is 0 Å². The third-order valence-corrected chi connectivity index (χ3v) is 4.82. The highest BCUT2D eigenvalue weighted by Gasteiger charge is 2.14. The first-order valence-electron chi connectivity index (χ1n) is 8.28. The van der Waals surface area contributed by atoms with Gasteiger partial charge in [0.25, 0.3) is 0 Å². The minimum atomic E-state index is 0.539. The Morgan fingerprint density at radius 3 is 3.05 bits per heavy atom. The summed E-state index contributed by atoms with van der Waals surface area (Å²) >= 11 is 1.97. The molecule has 0 spiro atoms. The van der Waals surface area contributed by atoms with Crippen LogP contribution in [-0.4, -0.2) is 25.0 Å². The van der Waals surface area contributed by atoms with Gasteiger partial charge in [0, 0.05) is 18.0 Å². The van der Waals surface area contributed by atoms with E-state index in [-0.39, 0.29) is 0 Å². The third kappa shape index (κ3) is 6.86. The highest BCUT2D eigenvalue weighted by molar-refractivity contribution is 7.99. The molecule has 0 aromatic heterocycles. The molecule has 1 heterocycles. The number of hydrogen-bond donors (Lipinski definition) is 1. The molecule has 2 rings (SSSR count). The highest BCUT2D eigenvalue weighted by atomic mass is 32.2. The summed E-state index contributed by atoms with van der Waals surface area (Å²) in [5.41, 5.74) is 1.39. The van der Waals surface area contributed by atoms with Crippen LogP contribution in [0.4, 0.5) is 0 Å². The lowest BCUT2D eigenvalue weighted by atomic mass is 10.1. The van der Waals surface area contributed by atoms with Gasteiger partial charge in [-0.05, 0) is 61.6 Å². The van der Waals surface area contributed by atoms with Crippen LogP contribution in [0.25, 0.3) is 0 Å². The van der Waals surface area contributed by atoms with Crippen LogP contribution in [0.1, 0.15) is 45.1 Å². The zero-order valence-corrected chi connectivity index (χ0v) is 14.3. The lowest BCUT2D eigenvalue weighted by Gasteiger charge is -2.10. The number of nitrogens with one attached hydrogen (secondary N) is 1. The van der Waals surface area contributed by atoms with Crippen molar-refractivity contribution in [3.8, 4) is 0 Å². The zero-order valence-electron chi connectivity index (χ0n) is 13.4. The number of hydrogen-bond acceptors (Lipinski definition) is 3. The van der Waals surface area contributed by atoms with Gasteiger partial charge in [-0.3, -0.25) is 0 Å². The normalized spacial score (nSPS) is 18.5. The fraction of sp³-hybridized carbons (Fsp3) is 0.667. The second kappa shape index (κ2) is 9.50. The first kappa shape index (κ1) is 16.9. The van der Waals surface area contributed by atoms with Crippen molar-refractivity contribution in [2.75, 3.05) is 18.9 Å². The standard InChI is InChI=1S/C18H29NOS/c1-15(2)13-19-14-16-6-3-9-18(12-16)21-11-5-8-17-7-4-10-20-17/h3,6,9,12,15,17,19H,4-5,7-8,10-11,13-14H2,1-2H3. The first-order valence-corrected chi connectivity index (χ1v) is 9.26. The van der Waals surface area contributed by atoms with Gasteiger partial charge in [-0.2, -0.15) is 0 Å². The van der Waals surface area contributed by atoms with Crippen molar-refractivity contribution in [2.24, 2.45) is 5.92 Å². The van der Waals surface area contributed by atoms with Crippen LogP contribution >= 0.6 is 11.8 Å². The monoisotopic (exact) mass is 307 g/mol. The van der Waals surface area contributed by atoms with Gasteiger partial charge in [0.15, 0.2) is 0 Å². The maximum atomic E-state index is 5.67. The molecular weight excluding hydrogens is 278 g/mol. The molecule has 118 valence electrons. The van der Waals surface area contributed by atoms with Crippen molar-refractivity contribution in [3.63, 3.8) is 0 Å². The minimum absolute atomic E-state index is 0.539. The second-order valence-electron chi connectivity index (χ2n) is 6.30. The molecule has 1 aromatic rings. The number of ether oxygens (including phenoxy) is 1. The minimum Gasteiger partial charge on any atom is -0.378 e. The Kier molecular flexibility index (Phi) is 7.62. The van der Waals surface area contributed by atoms with E-state index in [4.69, 9.17) is 4.74 Å². The van der Waals surface area contributed by atoms with Crippen LogP contribution in [0.15, 0.2) is 29.2 Å². The molecule has 1 N–H and O–H groups in total. The summed E-state index contributed by atoms with van der Waals surface area (Å²) < 4.78 is 5.67. The third-order valence-electron chi connectivity index (χ3n) is 3.74. The maximum Gasteiger partial charge on any atom is 0.0576 e. The average molecular weight is 308 g/mol. The summed E-state index contributed by atoms with van der Waals surface area (Å²) in [6.45, 7) is 7.52. The van der Waals surface area contributed by atoms with Crippen LogP contribution in [0, 0.1) is 5.92 Å². The maximum absolute atomic E-state index is 5.67. The van der Waals surface area contributed by atoms with Gasteiger partial charge in [0.1, 0.15) is 0 Å². The predicted molar refractivity (Wildman–Crippen MR) is 91.9 cm³/mol. The van der Waals surface area contributed by atoms with Gasteiger partial charge in [-0.1, -0.05) is 26.0 Å². The van der Waals surface area contributed by atoms with E-state index in [1.54, 1.807) is 0 Å². The van der Waals surface area contributed by atoms with Crippen molar-refractivity contribution in [1.82, 2.24) is 5.32 Å². The summed E-state index contributed by atoms with van der Waals surface area (Å²) in [7, 11) is 0. The molecule has 0 aliphatic carbocycles.